The van der Waals surface area contributed by atoms with Crippen molar-refractivity contribution in [1.29, 1.82) is 0 Å². The molecule has 2 aromatic carbocycles. The van der Waals surface area contributed by atoms with Crippen LogP contribution in [0, 0.1) is 0 Å². The molecule has 1 heterocycles. The molecule has 0 spiro atoms. The molecule has 4 N–H and O–H groups in total. The molecule has 124 valence electrons. The summed E-state index contributed by atoms with van der Waals surface area (Å²) in [5.74, 6) is -0.760. The molecular formula is C17H16ClN3O3. The Morgan fingerprint density at radius 1 is 1.17 bits per heavy atom. The number of nitrogens with two attached hydrogens (primary N) is 1. The van der Waals surface area contributed by atoms with Crippen LogP contribution in [-0.2, 0) is 17.6 Å². The van der Waals surface area contributed by atoms with Crippen molar-refractivity contribution in [2.24, 2.45) is 5.73 Å². The molecule has 1 aliphatic rings. The van der Waals surface area contributed by atoms with Crippen LogP contribution in [0.3, 0.4) is 0 Å². The number of carbonyl (C=O) groups is 1. The lowest BCUT2D eigenvalue weighted by Crippen LogP contribution is -2.52. The second-order valence-electron chi connectivity index (χ2n) is 5.96. The third-order valence-electron chi connectivity index (χ3n) is 4.26. The molecule has 0 aliphatic heterocycles. The van der Waals surface area contributed by atoms with Gasteiger partial charge in [-0.1, -0.05) is 24.3 Å². The van der Waals surface area contributed by atoms with E-state index >= 15 is 0 Å². The summed E-state index contributed by atoms with van der Waals surface area (Å²) in [6.07, 6.45) is 1.03. The van der Waals surface area contributed by atoms with E-state index in [4.69, 9.17) is 10.2 Å². The molecule has 0 fully saturated rings. The Morgan fingerprint density at radius 2 is 1.83 bits per heavy atom. The predicted molar refractivity (Wildman–Crippen MR) is 93.5 cm³/mol. The quantitative estimate of drug-likeness (QED) is 0.661. The fourth-order valence-electron chi connectivity index (χ4n) is 3.09. The maximum atomic E-state index is 12.6. The van der Waals surface area contributed by atoms with Crippen molar-refractivity contribution in [2.75, 3.05) is 5.32 Å². The highest BCUT2D eigenvalue weighted by Crippen LogP contribution is 2.29. The standard InChI is InChI=1S/C17H15N3O3.ClH/c18-17(8-10-3-1-2-4-11(10)9-17)15(21)19-12-5-6-14-13(7-12)20-16(22)23-14;/h1-7H,8-9,18H2,(H,19,21)(H,20,22);1H. The first kappa shape index (κ1) is 16.3. The molecule has 0 saturated carbocycles. The zero-order valence-corrected chi connectivity index (χ0v) is 13.5. The highest BCUT2D eigenvalue weighted by atomic mass is 35.5. The average Bonchev–Trinajstić information content (AvgIpc) is 3.05. The topological polar surface area (TPSA) is 101 Å². The Balaban J connectivity index is 0.00000169. The van der Waals surface area contributed by atoms with Crippen LogP contribution in [0.25, 0.3) is 11.1 Å². The second kappa shape index (κ2) is 5.81. The number of fused-ring (bicyclic) bond motifs is 2. The van der Waals surface area contributed by atoms with E-state index in [0.717, 1.165) is 11.1 Å². The number of aromatic amines is 1. The molecule has 0 bridgehead atoms. The first-order valence-corrected chi connectivity index (χ1v) is 7.33. The second-order valence-corrected chi connectivity index (χ2v) is 5.96. The van der Waals surface area contributed by atoms with E-state index in [1.54, 1.807) is 18.2 Å². The van der Waals surface area contributed by atoms with E-state index in [-0.39, 0.29) is 18.3 Å². The third-order valence-corrected chi connectivity index (χ3v) is 4.26. The van der Waals surface area contributed by atoms with E-state index in [1.807, 2.05) is 24.3 Å². The van der Waals surface area contributed by atoms with E-state index in [0.29, 0.717) is 29.6 Å². The molecule has 4 rings (SSSR count). The molecule has 0 saturated heterocycles. The molecule has 7 heteroatoms. The summed E-state index contributed by atoms with van der Waals surface area (Å²) in [5.41, 5.74) is 9.15. The Hall–Kier alpha value is -2.57. The number of benzene rings is 2. The number of hydrogen-bond donors (Lipinski definition) is 3. The van der Waals surface area contributed by atoms with Gasteiger partial charge in [0.05, 0.1) is 5.52 Å². The van der Waals surface area contributed by atoms with Gasteiger partial charge in [0, 0.05) is 5.69 Å². The van der Waals surface area contributed by atoms with Gasteiger partial charge >= 0.3 is 5.76 Å². The number of rotatable bonds is 2. The Morgan fingerprint density at radius 3 is 2.50 bits per heavy atom. The van der Waals surface area contributed by atoms with Crippen LogP contribution in [0.1, 0.15) is 11.1 Å². The number of amides is 1. The molecule has 0 atom stereocenters. The first-order chi connectivity index (χ1) is 11.0. The van der Waals surface area contributed by atoms with Gasteiger partial charge in [0.25, 0.3) is 0 Å². The molecule has 0 radical (unpaired) electrons. The van der Waals surface area contributed by atoms with Gasteiger partial charge in [-0.15, -0.1) is 12.4 Å². The largest absolute Gasteiger partial charge is 0.417 e. The highest BCUT2D eigenvalue weighted by molar-refractivity contribution is 6.00. The van der Waals surface area contributed by atoms with Crippen molar-refractivity contribution in [3.63, 3.8) is 0 Å². The van der Waals surface area contributed by atoms with Crippen LogP contribution >= 0.6 is 12.4 Å². The Bertz CT molecular complexity index is 951. The summed E-state index contributed by atoms with van der Waals surface area (Å²) < 4.78 is 4.94. The fourth-order valence-corrected chi connectivity index (χ4v) is 3.09. The van der Waals surface area contributed by atoms with Crippen LogP contribution < -0.4 is 16.8 Å². The summed E-state index contributed by atoms with van der Waals surface area (Å²) in [7, 11) is 0. The van der Waals surface area contributed by atoms with Crippen LogP contribution in [0.2, 0.25) is 0 Å². The summed E-state index contributed by atoms with van der Waals surface area (Å²) in [6.45, 7) is 0. The van der Waals surface area contributed by atoms with Crippen LogP contribution in [0.5, 0.6) is 0 Å². The predicted octanol–water partition coefficient (Wildman–Crippen LogP) is 1.98. The number of aromatic nitrogens is 1. The van der Waals surface area contributed by atoms with Crippen LogP contribution in [0.4, 0.5) is 5.69 Å². The van der Waals surface area contributed by atoms with E-state index in [2.05, 4.69) is 10.3 Å². The molecule has 3 aromatic rings. The van der Waals surface area contributed by atoms with Gasteiger partial charge in [0.1, 0.15) is 5.54 Å². The van der Waals surface area contributed by atoms with Crippen molar-refractivity contribution < 1.29 is 9.21 Å². The monoisotopic (exact) mass is 345 g/mol. The lowest BCUT2D eigenvalue weighted by Gasteiger charge is -2.22. The van der Waals surface area contributed by atoms with Gasteiger partial charge in [-0.2, -0.15) is 0 Å². The molecule has 1 amide bonds. The molecular weight excluding hydrogens is 330 g/mol. The van der Waals surface area contributed by atoms with Crippen LogP contribution in [0.15, 0.2) is 51.7 Å². The van der Waals surface area contributed by atoms with Crippen molar-refractivity contribution in [2.45, 2.75) is 18.4 Å². The summed E-state index contributed by atoms with van der Waals surface area (Å²) in [5, 5.41) is 2.83. The summed E-state index contributed by atoms with van der Waals surface area (Å²) in [6, 6.07) is 12.9. The smallest absolute Gasteiger partial charge is 0.408 e. The van der Waals surface area contributed by atoms with Gasteiger partial charge in [-0.3, -0.25) is 9.78 Å². The van der Waals surface area contributed by atoms with E-state index in [9.17, 15) is 9.59 Å². The average molecular weight is 346 g/mol. The molecule has 0 unspecified atom stereocenters. The molecule has 6 nitrogen and oxygen atoms in total. The molecule has 1 aliphatic carbocycles. The lowest BCUT2D eigenvalue weighted by molar-refractivity contribution is -0.120. The SMILES string of the molecule is Cl.NC1(C(=O)Nc2ccc3oc(=O)[nH]c3c2)Cc2ccccc2C1. The van der Waals surface area contributed by atoms with Gasteiger partial charge in [0.2, 0.25) is 5.91 Å². The number of carbonyl (C=O) groups excluding carboxylic acids is 1. The van der Waals surface area contributed by atoms with E-state index in [1.165, 1.54) is 0 Å². The van der Waals surface area contributed by atoms with Gasteiger partial charge in [0.15, 0.2) is 5.58 Å². The van der Waals surface area contributed by atoms with Gasteiger partial charge in [-0.05, 0) is 42.2 Å². The van der Waals surface area contributed by atoms with Gasteiger partial charge < -0.3 is 15.5 Å². The Labute approximate surface area is 143 Å². The van der Waals surface area contributed by atoms with Crippen molar-refractivity contribution in [3.05, 3.63) is 64.1 Å². The fraction of sp³-hybridized carbons (Fsp3) is 0.176. The number of nitrogens with one attached hydrogen (secondary N) is 2. The summed E-state index contributed by atoms with van der Waals surface area (Å²) >= 11 is 0. The lowest BCUT2D eigenvalue weighted by atomic mass is 9.96. The zero-order valence-electron chi connectivity index (χ0n) is 12.7. The van der Waals surface area contributed by atoms with E-state index < -0.39 is 11.3 Å². The molecule has 1 aromatic heterocycles. The normalized spacial score (nSPS) is 14.9. The maximum Gasteiger partial charge on any atom is 0.417 e. The number of H-pyrrole nitrogens is 1. The van der Waals surface area contributed by atoms with Crippen molar-refractivity contribution in [3.8, 4) is 0 Å². The number of hydrogen-bond acceptors (Lipinski definition) is 4. The van der Waals surface area contributed by atoms with Crippen molar-refractivity contribution >= 4 is 35.1 Å². The number of halogens is 1. The van der Waals surface area contributed by atoms with Gasteiger partial charge in [-0.25, -0.2) is 4.79 Å². The molecule has 24 heavy (non-hydrogen) atoms. The third kappa shape index (κ3) is 2.70. The minimum atomic E-state index is -0.956. The minimum Gasteiger partial charge on any atom is -0.408 e. The first-order valence-electron chi connectivity index (χ1n) is 7.33. The summed E-state index contributed by atoms with van der Waals surface area (Å²) in [4.78, 5) is 26.4. The minimum absolute atomic E-state index is 0. The number of anilines is 1. The highest BCUT2D eigenvalue weighted by Gasteiger charge is 2.40. The number of oxazole rings is 1. The zero-order chi connectivity index (χ0) is 16.0. The van der Waals surface area contributed by atoms with Crippen LogP contribution in [-0.4, -0.2) is 16.4 Å². The maximum absolute atomic E-state index is 12.6. The van der Waals surface area contributed by atoms with Crippen molar-refractivity contribution in [1.82, 2.24) is 4.98 Å². The Kier molecular flexibility index (Phi) is 3.95.